The Morgan fingerprint density at radius 2 is 1.12 bits per heavy atom. The lowest BCUT2D eigenvalue weighted by atomic mass is 10.0. The van der Waals surface area contributed by atoms with Gasteiger partial charge in [0.2, 0.25) is 0 Å². The number of anilines is 1. The molecule has 0 spiro atoms. The van der Waals surface area contributed by atoms with Crippen LogP contribution in [-0.2, 0) is 72.6 Å². The van der Waals surface area contributed by atoms with Gasteiger partial charge >= 0.3 is 18.2 Å². The van der Waals surface area contributed by atoms with Gasteiger partial charge in [0.15, 0.2) is 6.10 Å². The Morgan fingerprint density at radius 3 is 1.61 bits per heavy atom. The number of amides is 1. The molecule has 2 heterocycles. The number of H-pyrrole nitrogens is 1. The first-order valence-electron chi connectivity index (χ1n) is 20.9. The molecule has 21 heteroatoms. The Balaban J connectivity index is 0.911. The number of methoxy groups -OCH3 is 1. The number of halogens is 3. The van der Waals surface area contributed by atoms with Crippen molar-refractivity contribution in [1.82, 2.24) is 4.98 Å². The number of benzene rings is 2. The number of aromatic amines is 1. The number of aromatic nitrogens is 1. The number of nitrogens with zero attached hydrogens (tertiary/aromatic N) is 1. The average molecular weight is 917 g/mol. The van der Waals surface area contributed by atoms with Crippen molar-refractivity contribution in [3.63, 3.8) is 0 Å². The number of carbonyl (C=O) groups is 2. The molecular formula is C43H59F3N2O16. The molecule has 0 unspecified atom stereocenters. The zero-order chi connectivity index (χ0) is 45.7. The van der Waals surface area contributed by atoms with E-state index in [9.17, 15) is 27.6 Å². The van der Waals surface area contributed by atoms with Crippen molar-refractivity contribution in [2.75, 3.05) is 164 Å². The smallest absolute Gasteiger partial charge is 0.417 e. The van der Waals surface area contributed by atoms with E-state index >= 15 is 0 Å². The summed E-state index contributed by atoms with van der Waals surface area (Å²) in [6, 6.07) is 10.9. The van der Waals surface area contributed by atoms with E-state index in [4.69, 9.17) is 61.6 Å². The van der Waals surface area contributed by atoms with Crippen LogP contribution in [0.15, 0.2) is 53.3 Å². The predicted octanol–water partition coefficient (Wildman–Crippen LogP) is 3.89. The van der Waals surface area contributed by atoms with Crippen LogP contribution in [0.1, 0.15) is 5.56 Å². The summed E-state index contributed by atoms with van der Waals surface area (Å²) in [6.45, 7) is 8.16. The highest BCUT2D eigenvalue weighted by atomic mass is 19.4. The van der Waals surface area contributed by atoms with Gasteiger partial charge in [0, 0.05) is 29.4 Å². The number of carbonyl (C=O) groups excluding carboxylic acids is 2. The SMILES string of the molecule is COCCOCCOCCOCCOCCOCCOCCOCCOCCOCCOCC(=O)OC[C@@H]1CN(c2ccc3cc(-c4ccccc4C(F)(F)F)[nH]c(=O)c3c2)C(=O)O1. The molecule has 64 heavy (non-hydrogen) atoms. The summed E-state index contributed by atoms with van der Waals surface area (Å²) >= 11 is 0. The lowest BCUT2D eigenvalue weighted by Crippen LogP contribution is -2.27. The molecule has 1 fully saturated rings. The normalized spacial score (nSPS) is 14.2. The van der Waals surface area contributed by atoms with Gasteiger partial charge in [0.25, 0.3) is 5.56 Å². The number of hydrogen-bond acceptors (Lipinski definition) is 16. The molecule has 1 aromatic heterocycles. The molecule has 1 atom stereocenters. The monoisotopic (exact) mass is 916 g/mol. The number of fused-ring (bicyclic) bond motifs is 1. The van der Waals surface area contributed by atoms with E-state index < -0.39 is 35.5 Å². The summed E-state index contributed by atoms with van der Waals surface area (Å²) in [7, 11) is 1.63. The summed E-state index contributed by atoms with van der Waals surface area (Å²) in [5, 5.41) is 0.541. The van der Waals surface area contributed by atoms with Crippen molar-refractivity contribution in [2.45, 2.75) is 12.3 Å². The summed E-state index contributed by atoms with van der Waals surface area (Å²) in [5.74, 6) is -0.661. The molecule has 4 rings (SSSR count). The van der Waals surface area contributed by atoms with Gasteiger partial charge in [-0.3, -0.25) is 9.69 Å². The fourth-order valence-electron chi connectivity index (χ4n) is 5.85. The van der Waals surface area contributed by atoms with Crippen LogP contribution in [-0.4, -0.2) is 182 Å². The van der Waals surface area contributed by atoms with Crippen molar-refractivity contribution in [2.24, 2.45) is 0 Å². The quantitative estimate of drug-likeness (QED) is 0.0653. The Kier molecular flexibility index (Phi) is 25.2. The molecule has 3 aromatic rings. The van der Waals surface area contributed by atoms with Crippen LogP contribution in [0.25, 0.3) is 22.0 Å². The maximum Gasteiger partial charge on any atom is 0.417 e. The van der Waals surface area contributed by atoms with E-state index in [0.29, 0.717) is 130 Å². The summed E-state index contributed by atoms with van der Waals surface area (Å²) in [4.78, 5) is 41.6. The molecule has 0 bridgehead atoms. The first-order valence-corrected chi connectivity index (χ1v) is 20.9. The minimum atomic E-state index is -4.62. The van der Waals surface area contributed by atoms with Crippen LogP contribution in [0, 0.1) is 0 Å². The number of ether oxygens (including phenoxy) is 13. The summed E-state index contributed by atoms with van der Waals surface area (Å²) < 4.78 is 110. The van der Waals surface area contributed by atoms with Crippen LogP contribution in [0.5, 0.6) is 0 Å². The van der Waals surface area contributed by atoms with E-state index in [1.54, 1.807) is 13.2 Å². The first kappa shape index (κ1) is 52.4. The minimum absolute atomic E-state index is 0.00555. The highest BCUT2D eigenvalue weighted by molar-refractivity contribution is 5.95. The van der Waals surface area contributed by atoms with Crippen LogP contribution >= 0.6 is 0 Å². The fourth-order valence-corrected chi connectivity index (χ4v) is 5.85. The van der Waals surface area contributed by atoms with Crippen LogP contribution < -0.4 is 10.5 Å². The van der Waals surface area contributed by atoms with Gasteiger partial charge < -0.3 is 66.6 Å². The molecule has 1 aliphatic heterocycles. The summed E-state index contributed by atoms with van der Waals surface area (Å²) in [5.41, 5.74) is -1.34. The molecular weight excluding hydrogens is 857 g/mol. The molecule has 18 nitrogen and oxygen atoms in total. The molecule has 0 aliphatic carbocycles. The number of cyclic esters (lactones) is 1. The van der Waals surface area contributed by atoms with Gasteiger partial charge in [-0.1, -0.05) is 24.3 Å². The van der Waals surface area contributed by atoms with E-state index in [1.807, 2.05) is 0 Å². The van der Waals surface area contributed by atoms with E-state index in [1.165, 1.54) is 41.3 Å². The molecule has 358 valence electrons. The average Bonchev–Trinajstić information content (AvgIpc) is 3.67. The minimum Gasteiger partial charge on any atom is -0.460 e. The third kappa shape index (κ3) is 20.3. The lowest BCUT2D eigenvalue weighted by molar-refractivity contribution is -0.151. The van der Waals surface area contributed by atoms with Crippen molar-refractivity contribution in [3.8, 4) is 11.3 Å². The highest BCUT2D eigenvalue weighted by Gasteiger charge is 2.35. The first-order chi connectivity index (χ1) is 31.2. The topological polar surface area (TPSA) is 190 Å². The second kappa shape index (κ2) is 30.8. The highest BCUT2D eigenvalue weighted by Crippen LogP contribution is 2.37. The number of alkyl halides is 3. The third-order valence-electron chi connectivity index (χ3n) is 8.97. The molecule has 1 N–H and O–H groups in total. The number of esters is 1. The Hall–Kier alpha value is -4.26. The second-order valence-electron chi connectivity index (χ2n) is 13.7. The predicted molar refractivity (Wildman–Crippen MR) is 224 cm³/mol. The van der Waals surface area contributed by atoms with E-state index in [2.05, 4.69) is 4.98 Å². The lowest BCUT2D eigenvalue weighted by Gasteiger charge is -2.15. The molecule has 1 amide bonds. The van der Waals surface area contributed by atoms with Gasteiger partial charge in [-0.15, -0.1) is 0 Å². The molecule has 0 saturated carbocycles. The fraction of sp³-hybridized carbons (Fsp3) is 0.605. The van der Waals surface area contributed by atoms with Crippen molar-refractivity contribution in [1.29, 1.82) is 0 Å². The van der Waals surface area contributed by atoms with Gasteiger partial charge in [0.05, 0.1) is 144 Å². The van der Waals surface area contributed by atoms with E-state index in [-0.39, 0.29) is 49.6 Å². The van der Waals surface area contributed by atoms with E-state index in [0.717, 1.165) is 6.07 Å². The molecule has 1 saturated heterocycles. The number of nitrogens with one attached hydrogen (secondary N) is 1. The van der Waals surface area contributed by atoms with Gasteiger partial charge in [-0.2, -0.15) is 13.2 Å². The Bertz CT molecular complexity index is 1830. The standard InChI is InChI=1S/C43H59F3N2O16/c1-52-8-9-53-10-11-54-12-13-55-14-15-56-16-17-57-18-19-58-20-21-59-22-23-60-24-25-61-26-27-62-32-40(49)63-31-35-30-48(42(51)64-35)34-7-6-33-28-39(47-41(50)37(33)29-34)36-4-2-3-5-38(36)43(44,45)46/h2-7,28-29,35H,8-27,30-32H2,1H3,(H,47,50)/t35-/m0/s1. The van der Waals surface area contributed by atoms with Crippen LogP contribution in [0.2, 0.25) is 0 Å². The second-order valence-corrected chi connectivity index (χ2v) is 13.7. The van der Waals surface area contributed by atoms with Crippen LogP contribution in [0.4, 0.5) is 23.7 Å². The van der Waals surface area contributed by atoms with Gasteiger partial charge in [-0.25, -0.2) is 9.59 Å². The zero-order valence-corrected chi connectivity index (χ0v) is 36.1. The zero-order valence-electron chi connectivity index (χ0n) is 36.1. The van der Waals surface area contributed by atoms with Crippen molar-refractivity contribution >= 4 is 28.5 Å². The molecule has 0 radical (unpaired) electrons. The number of pyridine rings is 1. The van der Waals surface area contributed by atoms with Gasteiger partial charge in [-0.05, 0) is 29.7 Å². The maximum atomic E-state index is 13.6. The number of hydrogen-bond donors (Lipinski definition) is 1. The number of rotatable bonds is 36. The van der Waals surface area contributed by atoms with Crippen LogP contribution in [0.3, 0.4) is 0 Å². The Morgan fingerprint density at radius 1 is 0.656 bits per heavy atom. The molecule has 2 aromatic carbocycles. The Labute approximate surface area is 369 Å². The largest absolute Gasteiger partial charge is 0.460 e. The van der Waals surface area contributed by atoms with Crippen molar-refractivity contribution in [3.05, 3.63) is 64.4 Å². The maximum absolute atomic E-state index is 13.6. The summed E-state index contributed by atoms with van der Waals surface area (Å²) in [6.07, 6.45) is -6.11. The molecule has 1 aliphatic rings. The third-order valence-corrected chi connectivity index (χ3v) is 8.97. The van der Waals surface area contributed by atoms with Gasteiger partial charge in [0.1, 0.15) is 13.2 Å². The van der Waals surface area contributed by atoms with Crippen molar-refractivity contribution < 1.29 is 84.3 Å².